The van der Waals surface area contributed by atoms with Crippen molar-refractivity contribution in [1.29, 1.82) is 0 Å². The Kier molecular flexibility index (Phi) is 4.86. The van der Waals surface area contributed by atoms with Gasteiger partial charge in [-0.2, -0.15) is 10.2 Å². The van der Waals surface area contributed by atoms with Gasteiger partial charge in [-0.1, -0.05) is 30.3 Å². The van der Waals surface area contributed by atoms with Gasteiger partial charge in [0, 0.05) is 25.8 Å². The van der Waals surface area contributed by atoms with E-state index in [-0.39, 0.29) is 13.0 Å². The zero-order valence-corrected chi connectivity index (χ0v) is 11.5. The molecule has 0 bridgehead atoms. The molecule has 21 heavy (non-hydrogen) atoms. The molecule has 112 valence electrons. The van der Waals surface area contributed by atoms with Crippen LogP contribution in [0.25, 0.3) is 0 Å². The molecule has 0 aromatic heterocycles. The van der Waals surface area contributed by atoms with Crippen LogP contribution in [0.2, 0.25) is 0 Å². The van der Waals surface area contributed by atoms with Crippen LogP contribution in [0.15, 0.2) is 40.6 Å². The molecular formula is C14H17N3O4. The zero-order chi connectivity index (χ0) is 15.1. The molecule has 1 aliphatic heterocycles. The summed E-state index contributed by atoms with van der Waals surface area (Å²) in [6.07, 6.45) is 0.364. The van der Waals surface area contributed by atoms with E-state index in [1.54, 1.807) is 0 Å². The Balaban J connectivity index is 1.60. The van der Waals surface area contributed by atoms with Crippen LogP contribution < -0.4 is 5.32 Å². The highest BCUT2D eigenvalue weighted by Gasteiger charge is 2.39. The molecule has 2 N–H and O–H groups in total. The fourth-order valence-electron chi connectivity index (χ4n) is 1.84. The first-order chi connectivity index (χ1) is 10.1. The van der Waals surface area contributed by atoms with Crippen LogP contribution >= 0.6 is 0 Å². The Labute approximate surface area is 122 Å². The van der Waals surface area contributed by atoms with E-state index in [0.29, 0.717) is 19.4 Å². The van der Waals surface area contributed by atoms with Crippen LogP contribution in [-0.4, -0.2) is 29.4 Å². The van der Waals surface area contributed by atoms with Crippen molar-refractivity contribution in [1.82, 2.24) is 5.32 Å². The number of nitrogens with zero attached hydrogens (tertiary/aromatic N) is 2. The zero-order valence-electron chi connectivity index (χ0n) is 11.5. The van der Waals surface area contributed by atoms with Crippen LogP contribution in [0.4, 0.5) is 4.79 Å². The lowest BCUT2D eigenvalue weighted by Gasteiger charge is -2.10. The highest BCUT2D eigenvalue weighted by molar-refractivity contribution is 5.67. The number of aliphatic carboxylic acids is 1. The predicted octanol–water partition coefficient (Wildman–Crippen LogP) is 2.33. The largest absolute Gasteiger partial charge is 0.481 e. The average molecular weight is 291 g/mol. The second-order valence-corrected chi connectivity index (χ2v) is 4.81. The minimum absolute atomic E-state index is 0.0193. The number of rotatable bonds is 8. The second kappa shape index (κ2) is 6.83. The summed E-state index contributed by atoms with van der Waals surface area (Å²) in [7, 11) is 0. The summed E-state index contributed by atoms with van der Waals surface area (Å²) in [5.41, 5.74) is 0.295. The summed E-state index contributed by atoms with van der Waals surface area (Å²) in [5.74, 6) is -0.873. The van der Waals surface area contributed by atoms with E-state index < -0.39 is 17.7 Å². The molecule has 0 saturated heterocycles. The van der Waals surface area contributed by atoms with Crippen LogP contribution in [0.3, 0.4) is 0 Å². The van der Waals surface area contributed by atoms with Crippen LogP contribution in [0, 0.1) is 0 Å². The van der Waals surface area contributed by atoms with Gasteiger partial charge in [0.25, 0.3) is 0 Å². The van der Waals surface area contributed by atoms with Crippen LogP contribution in [0.5, 0.6) is 0 Å². The van der Waals surface area contributed by atoms with Crippen molar-refractivity contribution in [3.63, 3.8) is 0 Å². The molecule has 1 aromatic rings. The number of carbonyl (C=O) groups excluding carboxylic acids is 1. The maximum atomic E-state index is 11.5. The van der Waals surface area contributed by atoms with Crippen molar-refractivity contribution in [3.8, 4) is 0 Å². The summed E-state index contributed by atoms with van der Waals surface area (Å²) >= 11 is 0. The van der Waals surface area contributed by atoms with Gasteiger partial charge >= 0.3 is 12.1 Å². The molecule has 0 fully saturated rings. The number of ether oxygens (including phenoxy) is 1. The van der Waals surface area contributed by atoms with Gasteiger partial charge in [-0.05, 0) is 5.56 Å². The lowest BCUT2D eigenvalue weighted by Crippen LogP contribution is -2.29. The van der Waals surface area contributed by atoms with Crippen LogP contribution in [-0.2, 0) is 16.1 Å². The highest BCUT2D eigenvalue weighted by atomic mass is 16.5. The lowest BCUT2D eigenvalue weighted by atomic mass is 10.0. The number of hydrogen-bond donors (Lipinski definition) is 2. The Morgan fingerprint density at radius 3 is 2.52 bits per heavy atom. The third-order valence-corrected chi connectivity index (χ3v) is 3.13. The normalized spacial score (nSPS) is 14.5. The summed E-state index contributed by atoms with van der Waals surface area (Å²) in [6.45, 7) is 0.561. The van der Waals surface area contributed by atoms with E-state index >= 15 is 0 Å². The number of carboxylic acids is 1. The second-order valence-electron chi connectivity index (χ2n) is 4.81. The maximum absolute atomic E-state index is 11.5. The first-order valence-corrected chi connectivity index (χ1v) is 6.70. The van der Waals surface area contributed by atoms with Gasteiger partial charge in [0.15, 0.2) is 5.66 Å². The molecule has 7 nitrogen and oxygen atoms in total. The molecule has 1 aliphatic rings. The Hall–Kier alpha value is -2.44. The van der Waals surface area contributed by atoms with Crippen molar-refractivity contribution in [2.24, 2.45) is 10.2 Å². The van der Waals surface area contributed by atoms with E-state index in [1.165, 1.54) is 0 Å². The van der Waals surface area contributed by atoms with E-state index in [0.717, 1.165) is 5.56 Å². The molecule has 0 spiro atoms. The number of benzene rings is 1. The molecule has 0 radical (unpaired) electrons. The fraction of sp³-hybridized carbons (Fsp3) is 0.429. The minimum Gasteiger partial charge on any atom is -0.481 e. The van der Waals surface area contributed by atoms with Crippen molar-refractivity contribution in [2.75, 3.05) is 6.54 Å². The summed E-state index contributed by atoms with van der Waals surface area (Å²) in [4.78, 5) is 22.0. The van der Waals surface area contributed by atoms with Gasteiger partial charge in [0.1, 0.15) is 6.61 Å². The Morgan fingerprint density at radius 2 is 1.90 bits per heavy atom. The molecule has 1 amide bonds. The van der Waals surface area contributed by atoms with Crippen molar-refractivity contribution in [2.45, 2.75) is 31.5 Å². The molecule has 2 rings (SSSR count). The van der Waals surface area contributed by atoms with Gasteiger partial charge in [-0.25, -0.2) is 4.79 Å². The van der Waals surface area contributed by atoms with Crippen molar-refractivity contribution < 1.29 is 19.4 Å². The third-order valence-electron chi connectivity index (χ3n) is 3.13. The van der Waals surface area contributed by atoms with Crippen molar-refractivity contribution >= 4 is 12.1 Å². The van der Waals surface area contributed by atoms with E-state index in [2.05, 4.69) is 15.5 Å². The van der Waals surface area contributed by atoms with Gasteiger partial charge in [0.05, 0.1) is 0 Å². The number of hydrogen-bond acceptors (Lipinski definition) is 5. The smallest absolute Gasteiger partial charge is 0.407 e. The van der Waals surface area contributed by atoms with E-state index in [1.807, 2.05) is 30.3 Å². The number of alkyl carbamates (subject to hydrolysis) is 1. The number of carboxylic acid groups (broad SMARTS) is 1. The monoisotopic (exact) mass is 291 g/mol. The fourth-order valence-corrected chi connectivity index (χ4v) is 1.84. The Morgan fingerprint density at radius 1 is 1.19 bits per heavy atom. The minimum atomic E-state index is -0.873. The number of nitrogens with one attached hydrogen (secondary N) is 1. The van der Waals surface area contributed by atoms with E-state index in [4.69, 9.17) is 9.84 Å². The Bertz CT molecular complexity index is 524. The topological polar surface area (TPSA) is 100 Å². The standard InChI is InChI=1S/C14H17N3O4/c18-12(19)6-7-14(16-17-14)8-9-15-13(20)21-10-11-4-2-1-3-5-11/h1-5H,6-10H2,(H,15,20)(H,18,19). The molecule has 0 aliphatic carbocycles. The van der Waals surface area contributed by atoms with Crippen molar-refractivity contribution in [3.05, 3.63) is 35.9 Å². The summed E-state index contributed by atoms with van der Waals surface area (Å²) < 4.78 is 5.06. The van der Waals surface area contributed by atoms with Crippen LogP contribution in [0.1, 0.15) is 24.8 Å². The SMILES string of the molecule is O=C(O)CCC1(CCNC(=O)OCc2ccccc2)N=N1. The van der Waals surface area contributed by atoms with Gasteiger partial charge in [0.2, 0.25) is 0 Å². The molecular weight excluding hydrogens is 274 g/mol. The molecule has 1 aromatic carbocycles. The lowest BCUT2D eigenvalue weighted by molar-refractivity contribution is -0.137. The van der Waals surface area contributed by atoms with Gasteiger partial charge in [-0.3, -0.25) is 4.79 Å². The molecule has 0 atom stereocenters. The maximum Gasteiger partial charge on any atom is 0.407 e. The summed E-state index contributed by atoms with van der Waals surface area (Å²) in [5, 5.41) is 19.0. The number of carbonyl (C=O) groups is 2. The van der Waals surface area contributed by atoms with E-state index in [9.17, 15) is 9.59 Å². The van der Waals surface area contributed by atoms with Gasteiger partial charge < -0.3 is 15.2 Å². The first-order valence-electron chi connectivity index (χ1n) is 6.70. The average Bonchev–Trinajstić information content (AvgIpc) is 3.25. The predicted molar refractivity (Wildman–Crippen MR) is 73.7 cm³/mol. The molecule has 0 unspecified atom stereocenters. The van der Waals surface area contributed by atoms with Gasteiger partial charge in [-0.15, -0.1) is 0 Å². The molecule has 7 heteroatoms. The first kappa shape index (κ1) is 15.0. The number of amides is 1. The highest BCUT2D eigenvalue weighted by Crippen LogP contribution is 2.36. The quantitative estimate of drug-likeness (QED) is 0.767. The third kappa shape index (κ3) is 5.21. The molecule has 1 heterocycles. The molecule has 0 saturated carbocycles. The summed E-state index contributed by atoms with van der Waals surface area (Å²) in [6, 6.07) is 9.38.